The first-order chi connectivity index (χ1) is 13.0. The number of amides is 1. The summed E-state index contributed by atoms with van der Waals surface area (Å²) < 4.78 is 0. The van der Waals surface area contributed by atoms with Gasteiger partial charge in [0.1, 0.15) is 0 Å². The molecular formula is C23H23ClN2O. The Hall–Kier alpha value is -2.62. The molecule has 3 aromatic carbocycles. The summed E-state index contributed by atoms with van der Waals surface area (Å²) in [6, 6.07) is 24.6. The highest BCUT2D eigenvalue weighted by atomic mass is 35.5. The van der Waals surface area contributed by atoms with Crippen molar-refractivity contribution in [3.63, 3.8) is 0 Å². The van der Waals surface area contributed by atoms with Gasteiger partial charge in [0.25, 0.3) is 0 Å². The van der Waals surface area contributed by atoms with Crippen LogP contribution in [-0.4, -0.2) is 24.9 Å². The number of carbonyl (C=O) groups is 1. The molecule has 1 amide bonds. The van der Waals surface area contributed by atoms with Gasteiger partial charge >= 0.3 is 0 Å². The number of nitrogens with zero attached hydrogens (tertiary/aromatic N) is 1. The molecule has 0 aromatic heterocycles. The molecule has 0 bridgehead atoms. The third-order valence-corrected chi connectivity index (χ3v) is 4.67. The third-order valence-electron chi connectivity index (χ3n) is 4.44. The van der Waals surface area contributed by atoms with E-state index in [1.807, 2.05) is 18.2 Å². The van der Waals surface area contributed by atoms with Crippen LogP contribution in [0.1, 0.15) is 24.1 Å². The Morgan fingerprint density at radius 2 is 1.63 bits per heavy atom. The van der Waals surface area contributed by atoms with Crippen LogP contribution in [0.4, 0.5) is 5.69 Å². The molecule has 0 saturated heterocycles. The van der Waals surface area contributed by atoms with E-state index in [9.17, 15) is 4.79 Å². The van der Waals surface area contributed by atoms with E-state index in [1.165, 1.54) is 18.1 Å². The molecule has 0 heterocycles. The van der Waals surface area contributed by atoms with E-state index < -0.39 is 0 Å². The summed E-state index contributed by atoms with van der Waals surface area (Å²) >= 11 is 6.13. The molecule has 3 rings (SSSR count). The number of rotatable bonds is 5. The largest absolute Gasteiger partial charge is 0.326 e. The lowest BCUT2D eigenvalue weighted by atomic mass is 9.94. The Bertz CT molecular complexity index is 938. The van der Waals surface area contributed by atoms with Crippen molar-refractivity contribution in [1.82, 2.24) is 4.90 Å². The van der Waals surface area contributed by atoms with Gasteiger partial charge in [-0.1, -0.05) is 66.2 Å². The Balaban J connectivity index is 2.07. The summed E-state index contributed by atoms with van der Waals surface area (Å²) in [5.74, 6) is -0.120. The lowest BCUT2D eigenvalue weighted by Crippen LogP contribution is -2.21. The predicted octanol–water partition coefficient (Wildman–Crippen LogP) is 5.62. The van der Waals surface area contributed by atoms with Crippen LogP contribution >= 0.6 is 11.6 Å². The molecule has 27 heavy (non-hydrogen) atoms. The van der Waals surface area contributed by atoms with Gasteiger partial charge in [-0.05, 0) is 49.0 Å². The van der Waals surface area contributed by atoms with Crippen molar-refractivity contribution in [3.05, 3.63) is 88.9 Å². The zero-order chi connectivity index (χ0) is 19.4. The second-order valence-electron chi connectivity index (χ2n) is 6.77. The van der Waals surface area contributed by atoms with E-state index in [0.717, 1.165) is 11.1 Å². The number of hydrogen-bond acceptors (Lipinski definition) is 2. The van der Waals surface area contributed by atoms with Crippen LogP contribution in [0.5, 0.6) is 0 Å². The average Bonchev–Trinajstić information content (AvgIpc) is 2.62. The summed E-state index contributed by atoms with van der Waals surface area (Å²) in [5.41, 5.74) is 5.12. The number of hydrogen-bond donors (Lipinski definition) is 1. The topological polar surface area (TPSA) is 32.3 Å². The SMILES string of the molecule is CC(=O)Nc1cc(Cl)ccc1-c1cccc(C(c2ccccc2)N(C)C)c1. The molecule has 1 atom stereocenters. The zero-order valence-corrected chi connectivity index (χ0v) is 16.5. The number of carbonyl (C=O) groups excluding carboxylic acids is 1. The molecule has 1 unspecified atom stereocenters. The van der Waals surface area contributed by atoms with E-state index in [1.54, 1.807) is 6.07 Å². The van der Waals surface area contributed by atoms with Gasteiger partial charge in [0.15, 0.2) is 0 Å². The molecule has 138 valence electrons. The van der Waals surface area contributed by atoms with Crippen LogP contribution in [0.3, 0.4) is 0 Å². The van der Waals surface area contributed by atoms with E-state index >= 15 is 0 Å². The maximum absolute atomic E-state index is 11.6. The normalized spacial score (nSPS) is 12.0. The maximum atomic E-state index is 11.6. The van der Waals surface area contributed by atoms with Gasteiger partial charge in [-0.3, -0.25) is 9.69 Å². The first-order valence-electron chi connectivity index (χ1n) is 8.84. The lowest BCUT2D eigenvalue weighted by Gasteiger charge is -2.26. The summed E-state index contributed by atoms with van der Waals surface area (Å²) in [7, 11) is 4.16. The highest BCUT2D eigenvalue weighted by molar-refractivity contribution is 6.31. The van der Waals surface area contributed by atoms with Crippen LogP contribution < -0.4 is 5.32 Å². The van der Waals surface area contributed by atoms with E-state index in [0.29, 0.717) is 10.7 Å². The fourth-order valence-corrected chi connectivity index (χ4v) is 3.53. The molecule has 3 aromatic rings. The lowest BCUT2D eigenvalue weighted by molar-refractivity contribution is -0.114. The van der Waals surface area contributed by atoms with E-state index in [2.05, 4.69) is 72.8 Å². The number of benzene rings is 3. The number of halogens is 1. The van der Waals surface area contributed by atoms with Gasteiger partial charge < -0.3 is 5.32 Å². The molecule has 0 aliphatic rings. The van der Waals surface area contributed by atoms with Crippen LogP contribution in [0.15, 0.2) is 72.8 Å². The molecule has 3 nitrogen and oxygen atoms in total. The van der Waals surface area contributed by atoms with Crippen LogP contribution in [-0.2, 0) is 4.79 Å². The minimum absolute atomic E-state index is 0.120. The van der Waals surface area contributed by atoms with Crippen LogP contribution in [0, 0.1) is 0 Å². The Labute approximate surface area is 165 Å². The van der Waals surface area contributed by atoms with Crippen molar-refractivity contribution in [3.8, 4) is 11.1 Å². The second kappa shape index (κ2) is 8.38. The Morgan fingerprint density at radius 1 is 0.926 bits per heavy atom. The molecule has 0 spiro atoms. The van der Waals surface area contributed by atoms with Crippen molar-refractivity contribution >= 4 is 23.2 Å². The highest BCUT2D eigenvalue weighted by Gasteiger charge is 2.17. The minimum Gasteiger partial charge on any atom is -0.326 e. The van der Waals surface area contributed by atoms with Crippen molar-refractivity contribution in [1.29, 1.82) is 0 Å². The Morgan fingerprint density at radius 3 is 2.30 bits per heavy atom. The standard InChI is InChI=1S/C23H23ClN2O/c1-16(27)25-22-15-20(24)12-13-21(22)18-10-7-11-19(14-18)23(26(2)3)17-8-5-4-6-9-17/h4-15,23H,1-3H3,(H,25,27). The monoisotopic (exact) mass is 378 g/mol. The van der Waals surface area contributed by atoms with Crippen LogP contribution in [0.25, 0.3) is 11.1 Å². The van der Waals surface area contributed by atoms with Gasteiger partial charge in [-0.25, -0.2) is 0 Å². The van der Waals surface area contributed by atoms with Crippen molar-refractivity contribution in [2.75, 3.05) is 19.4 Å². The van der Waals surface area contributed by atoms with E-state index in [4.69, 9.17) is 11.6 Å². The number of anilines is 1. The van der Waals surface area contributed by atoms with Gasteiger partial charge in [0.2, 0.25) is 5.91 Å². The zero-order valence-electron chi connectivity index (χ0n) is 15.7. The van der Waals surface area contributed by atoms with E-state index in [-0.39, 0.29) is 11.9 Å². The molecule has 0 fully saturated rings. The first kappa shape index (κ1) is 19.2. The molecule has 1 N–H and O–H groups in total. The molecule has 4 heteroatoms. The van der Waals surface area contributed by atoms with Crippen molar-refractivity contribution in [2.24, 2.45) is 0 Å². The van der Waals surface area contributed by atoms with Crippen molar-refractivity contribution in [2.45, 2.75) is 13.0 Å². The smallest absolute Gasteiger partial charge is 0.221 e. The summed E-state index contributed by atoms with van der Waals surface area (Å²) in [6.45, 7) is 1.50. The minimum atomic E-state index is -0.120. The molecular weight excluding hydrogens is 356 g/mol. The third kappa shape index (κ3) is 4.57. The molecule has 0 aliphatic heterocycles. The fraction of sp³-hybridized carbons (Fsp3) is 0.174. The highest BCUT2D eigenvalue weighted by Crippen LogP contribution is 2.34. The quantitative estimate of drug-likeness (QED) is 0.625. The van der Waals surface area contributed by atoms with Gasteiger partial charge in [0, 0.05) is 17.5 Å². The fourth-order valence-electron chi connectivity index (χ4n) is 3.36. The first-order valence-corrected chi connectivity index (χ1v) is 9.22. The van der Waals surface area contributed by atoms with Crippen molar-refractivity contribution < 1.29 is 4.79 Å². The average molecular weight is 379 g/mol. The number of nitrogens with one attached hydrogen (secondary N) is 1. The molecule has 0 saturated carbocycles. The summed E-state index contributed by atoms with van der Waals surface area (Å²) in [5, 5.41) is 3.47. The van der Waals surface area contributed by atoms with Crippen LogP contribution in [0.2, 0.25) is 5.02 Å². The molecule has 0 aliphatic carbocycles. The maximum Gasteiger partial charge on any atom is 0.221 e. The van der Waals surface area contributed by atoms with Gasteiger partial charge in [-0.15, -0.1) is 0 Å². The van der Waals surface area contributed by atoms with Gasteiger partial charge in [0.05, 0.1) is 11.7 Å². The van der Waals surface area contributed by atoms with Gasteiger partial charge in [-0.2, -0.15) is 0 Å². The predicted molar refractivity (Wildman–Crippen MR) is 113 cm³/mol. The summed E-state index contributed by atoms with van der Waals surface area (Å²) in [4.78, 5) is 13.8. The Kier molecular flexibility index (Phi) is 5.94. The summed E-state index contributed by atoms with van der Waals surface area (Å²) in [6.07, 6.45) is 0. The molecule has 0 radical (unpaired) electrons. The second-order valence-corrected chi connectivity index (χ2v) is 7.21.